The van der Waals surface area contributed by atoms with E-state index in [1.807, 2.05) is 0 Å². The minimum Gasteiger partial charge on any atom is -0.406 e. The van der Waals surface area contributed by atoms with Gasteiger partial charge in [-0.2, -0.15) is 5.10 Å². The zero-order chi connectivity index (χ0) is 19.3. The van der Waals surface area contributed by atoms with Crippen molar-refractivity contribution in [2.75, 3.05) is 24.5 Å². The number of rotatable bonds is 6. The highest BCUT2D eigenvalue weighted by atomic mass is 19.4. The average molecular weight is 382 g/mol. The number of anilines is 1. The van der Waals surface area contributed by atoms with Crippen molar-refractivity contribution in [2.24, 2.45) is 5.92 Å². The van der Waals surface area contributed by atoms with E-state index in [4.69, 9.17) is 0 Å². The van der Waals surface area contributed by atoms with Crippen molar-refractivity contribution in [1.82, 2.24) is 15.5 Å². The van der Waals surface area contributed by atoms with Gasteiger partial charge in [0.25, 0.3) is 5.91 Å². The molecule has 1 fully saturated rings. The summed E-state index contributed by atoms with van der Waals surface area (Å²) in [6, 6.07) is 5.96. The van der Waals surface area contributed by atoms with Crippen LogP contribution in [0.2, 0.25) is 0 Å². The molecule has 6 nitrogen and oxygen atoms in total. The van der Waals surface area contributed by atoms with E-state index in [9.17, 15) is 18.0 Å². The summed E-state index contributed by atoms with van der Waals surface area (Å²) in [5.41, 5.74) is 1.40. The topological polar surface area (TPSA) is 70.2 Å². The summed E-state index contributed by atoms with van der Waals surface area (Å²) in [5.74, 6) is 0.163. The first kappa shape index (κ1) is 19.1. The molecule has 1 aliphatic heterocycles. The number of hydrogen-bond donors (Lipinski definition) is 2. The van der Waals surface area contributed by atoms with E-state index < -0.39 is 6.36 Å². The molecular weight excluding hydrogens is 361 g/mol. The quantitative estimate of drug-likeness (QED) is 0.804. The van der Waals surface area contributed by atoms with E-state index in [-0.39, 0.29) is 11.7 Å². The Morgan fingerprint density at radius 3 is 2.56 bits per heavy atom. The van der Waals surface area contributed by atoms with Gasteiger partial charge in [-0.1, -0.05) is 0 Å². The Morgan fingerprint density at radius 2 is 1.96 bits per heavy atom. The van der Waals surface area contributed by atoms with Crippen molar-refractivity contribution in [3.63, 3.8) is 0 Å². The Labute approximate surface area is 154 Å². The molecule has 2 heterocycles. The fourth-order valence-electron chi connectivity index (χ4n) is 3.21. The van der Waals surface area contributed by atoms with Crippen molar-refractivity contribution in [2.45, 2.75) is 25.6 Å². The highest BCUT2D eigenvalue weighted by Crippen LogP contribution is 2.28. The molecule has 0 bridgehead atoms. The highest BCUT2D eigenvalue weighted by molar-refractivity contribution is 5.93. The molecule has 2 aromatic rings. The van der Waals surface area contributed by atoms with Gasteiger partial charge in [0, 0.05) is 31.5 Å². The average Bonchev–Trinajstić information content (AvgIpc) is 3.16. The summed E-state index contributed by atoms with van der Waals surface area (Å²) >= 11 is 0. The molecule has 1 amide bonds. The van der Waals surface area contributed by atoms with Gasteiger partial charge in [0.15, 0.2) is 0 Å². The Kier molecular flexibility index (Phi) is 5.88. The van der Waals surface area contributed by atoms with Crippen molar-refractivity contribution < 1.29 is 22.7 Å². The number of benzene rings is 1. The number of piperidine rings is 1. The lowest BCUT2D eigenvalue weighted by atomic mass is 9.93. The number of nitrogens with one attached hydrogen (secondary N) is 2. The van der Waals surface area contributed by atoms with Crippen LogP contribution < -0.4 is 15.0 Å². The van der Waals surface area contributed by atoms with Crippen LogP contribution in [0.5, 0.6) is 5.75 Å². The first-order valence-corrected chi connectivity index (χ1v) is 8.78. The fraction of sp³-hybridized carbons (Fsp3) is 0.444. The van der Waals surface area contributed by atoms with Crippen molar-refractivity contribution in [1.29, 1.82) is 0 Å². The van der Waals surface area contributed by atoms with Gasteiger partial charge in [-0.3, -0.25) is 9.89 Å². The van der Waals surface area contributed by atoms with Crippen LogP contribution in [-0.2, 0) is 0 Å². The lowest BCUT2D eigenvalue weighted by molar-refractivity contribution is -0.274. The summed E-state index contributed by atoms with van der Waals surface area (Å²) in [5, 5.41) is 9.23. The van der Waals surface area contributed by atoms with Gasteiger partial charge in [-0.15, -0.1) is 13.2 Å². The molecule has 0 aliphatic carbocycles. The van der Waals surface area contributed by atoms with Crippen molar-refractivity contribution in [3.8, 4) is 5.75 Å². The summed E-state index contributed by atoms with van der Waals surface area (Å²) in [4.78, 5) is 14.0. The molecule has 27 heavy (non-hydrogen) atoms. The molecule has 1 saturated heterocycles. The zero-order valence-corrected chi connectivity index (χ0v) is 14.6. The number of halogens is 3. The van der Waals surface area contributed by atoms with Crippen LogP contribution in [0.25, 0.3) is 0 Å². The van der Waals surface area contributed by atoms with E-state index >= 15 is 0 Å². The SMILES string of the molecule is O=C(NCCC1CCN(c2ccc(OC(F)(F)F)cc2)CC1)c1cn[nH]c1. The number of nitrogens with zero attached hydrogens (tertiary/aromatic N) is 2. The molecule has 1 aliphatic rings. The largest absolute Gasteiger partial charge is 0.573 e. The number of carbonyl (C=O) groups is 1. The van der Waals surface area contributed by atoms with Crippen molar-refractivity contribution >= 4 is 11.6 Å². The second-order valence-electron chi connectivity index (χ2n) is 6.50. The number of carbonyl (C=O) groups excluding carboxylic acids is 1. The molecule has 0 unspecified atom stereocenters. The van der Waals surface area contributed by atoms with Gasteiger partial charge in [-0.05, 0) is 49.4 Å². The Bertz CT molecular complexity index is 724. The van der Waals surface area contributed by atoms with Crippen LogP contribution in [-0.4, -0.2) is 42.1 Å². The maximum atomic E-state index is 12.2. The van der Waals surface area contributed by atoms with Crippen LogP contribution in [0.4, 0.5) is 18.9 Å². The minimum absolute atomic E-state index is 0.137. The number of hydrogen-bond acceptors (Lipinski definition) is 4. The Morgan fingerprint density at radius 1 is 1.26 bits per heavy atom. The third kappa shape index (κ3) is 5.63. The van der Waals surface area contributed by atoms with Gasteiger partial charge in [0.1, 0.15) is 5.75 Å². The lowest BCUT2D eigenvalue weighted by Crippen LogP contribution is -2.35. The van der Waals surface area contributed by atoms with E-state index in [1.54, 1.807) is 18.3 Å². The summed E-state index contributed by atoms with van der Waals surface area (Å²) in [7, 11) is 0. The summed E-state index contributed by atoms with van der Waals surface area (Å²) < 4.78 is 40.5. The van der Waals surface area contributed by atoms with Crippen LogP contribution in [0, 0.1) is 5.92 Å². The van der Waals surface area contributed by atoms with Gasteiger partial charge in [0.05, 0.1) is 11.8 Å². The molecule has 0 saturated carbocycles. The summed E-state index contributed by atoms with van der Waals surface area (Å²) in [6.07, 6.45) is 1.21. The molecule has 0 atom stereocenters. The Balaban J connectivity index is 1.40. The van der Waals surface area contributed by atoms with Crippen molar-refractivity contribution in [3.05, 3.63) is 42.2 Å². The number of H-pyrrole nitrogens is 1. The molecule has 2 N–H and O–H groups in total. The first-order valence-electron chi connectivity index (χ1n) is 8.78. The normalized spacial score (nSPS) is 15.6. The third-order valence-electron chi connectivity index (χ3n) is 4.65. The molecule has 3 rings (SSSR count). The monoisotopic (exact) mass is 382 g/mol. The lowest BCUT2D eigenvalue weighted by Gasteiger charge is -2.33. The van der Waals surface area contributed by atoms with E-state index in [0.717, 1.165) is 38.0 Å². The smallest absolute Gasteiger partial charge is 0.406 e. The minimum atomic E-state index is -4.67. The standard InChI is InChI=1S/C18H21F3N4O2/c19-18(20,21)27-16-3-1-15(2-4-16)25-9-6-13(7-10-25)5-8-22-17(26)14-11-23-24-12-14/h1-4,11-13H,5-10H2,(H,22,26)(H,23,24). The summed E-state index contributed by atoms with van der Waals surface area (Å²) in [6.45, 7) is 2.28. The molecule has 0 spiro atoms. The molecule has 9 heteroatoms. The number of aromatic amines is 1. The number of amides is 1. The van der Waals surface area contributed by atoms with Gasteiger partial charge in [0.2, 0.25) is 0 Å². The number of aromatic nitrogens is 2. The van der Waals surface area contributed by atoms with E-state index in [0.29, 0.717) is 18.0 Å². The number of ether oxygens (including phenoxy) is 1. The maximum absolute atomic E-state index is 12.2. The predicted octanol–water partition coefficient (Wildman–Crippen LogP) is 3.34. The second kappa shape index (κ2) is 8.32. The van der Waals surface area contributed by atoms with E-state index in [1.165, 1.54) is 18.3 Å². The molecule has 146 valence electrons. The first-order chi connectivity index (χ1) is 12.9. The Hall–Kier alpha value is -2.71. The maximum Gasteiger partial charge on any atom is 0.573 e. The molecule has 0 radical (unpaired) electrons. The number of alkyl halides is 3. The van der Waals surface area contributed by atoms with Crippen LogP contribution in [0.3, 0.4) is 0 Å². The second-order valence-corrected chi connectivity index (χ2v) is 6.50. The van der Waals surface area contributed by atoms with Gasteiger partial charge in [-0.25, -0.2) is 0 Å². The van der Waals surface area contributed by atoms with Gasteiger partial charge >= 0.3 is 6.36 Å². The molecule has 1 aromatic heterocycles. The third-order valence-corrected chi connectivity index (χ3v) is 4.65. The highest BCUT2D eigenvalue weighted by Gasteiger charge is 2.31. The predicted molar refractivity (Wildman–Crippen MR) is 93.6 cm³/mol. The van der Waals surface area contributed by atoms with Crippen LogP contribution in [0.15, 0.2) is 36.7 Å². The van der Waals surface area contributed by atoms with E-state index in [2.05, 4.69) is 25.2 Å². The molecule has 1 aromatic carbocycles. The van der Waals surface area contributed by atoms with Crippen LogP contribution >= 0.6 is 0 Å². The fourth-order valence-corrected chi connectivity index (χ4v) is 3.21. The zero-order valence-electron chi connectivity index (χ0n) is 14.6. The van der Waals surface area contributed by atoms with Crippen LogP contribution in [0.1, 0.15) is 29.6 Å². The van der Waals surface area contributed by atoms with Gasteiger partial charge < -0.3 is 15.0 Å². The molecular formula is C18H21F3N4O2.